The molecule has 0 aromatic carbocycles. The third kappa shape index (κ3) is 2.74. The first-order chi connectivity index (χ1) is 7.80. The third-order valence-electron chi connectivity index (χ3n) is 2.40. The summed E-state index contributed by atoms with van der Waals surface area (Å²) in [6, 6.07) is 1.49. The van der Waals surface area contributed by atoms with Crippen molar-refractivity contribution in [2.45, 2.75) is 30.5 Å². The SMILES string of the molecule is Cc1[nH]c(=O)sc1S(=O)(=O)N(C)C(C)CC#N. The number of nitriles is 1. The van der Waals surface area contributed by atoms with Crippen molar-refractivity contribution in [2.24, 2.45) is 0 Å². The van der Waals surface area contributed by atoms with Crippen molar-refractivity contribution in [1.29, 1.82) is 5.26 Å². The predicted molar refractivity (Wildman–Crippen MR) is 64.3 cm³/mol. The van der Waals surface area contributed by atoms with Crippen LogP contribution in [0.5, 0.6) is 0 Å². The summed E-state index contributed by atoms with van der Waals surface area (Å²) >= 11 is 0.661. The molecule has 1 aromatic heterocycles. The molecule has 0 amide bonds. The van der Waals surface area contributed by atoms with E-state index in [4.69, 9.17) is 5.26 Å². The van der Waals surface area contributed by atoms with E-state index in [1.54, 1.807) is 6.92 Å². The molecule has 1 heterocycles. The van der Waals surface area contributed by atoms with Gasteiger partial charge in [-0.05, 0) is 13.8 Å². The molecule has 1 unspecified atom stereocenters. The van der Waals surface area contributed by atoms with Crippen LogP contribution in [0.1, 0.15) is 19.0 Å². The van der Waals surface area contributed by atoms with Gasteiger partial charge in [0.05, 0.1) is 12.5 Å². The first-order valence-corrected chi connectivity index (χ1v) is 7.11. The molecule has 0 radical (unpaired) electrons. The van der Waals surface area contributed by atoms with Crippen LogP contribution in [-0.4, -0.2) is 30.8 Å². The van der Waals surface area contributed by atoms with Gasteiger partial charge in [0.1, 0.15) is 0 Å². The highest BCUT2D eigenvalue weighted by Gasteiger charge is 2.28. The van der Waals surface area contributed by atoms with Crippen LogP contribution in [0.15, 0.2) is 9.00 Å². The van der Waals surface area contributed by atoms with Crippen LogP contribution in [0.25, 0.3) is 0 Å². The van der Waals surface area contributed by atoms with E-state index < -0.39 is 20.9 Å². The Morgan fingerprint density at radius 2 is 2.18 bits per heavy atom. The van der Waals surface area contributed by atoms with Gasteiger partial charge in [0.15, 0.2) is 4.21 Å². The Morgan fingerprint density at radius 1 is 1.59 bits per heavy atom. The Balaban J connectivity index is 3.17. The maximum atomic E-state index is 12.2. The molecule has 0 saturated carbocycles. The van der Waals surface area contributed by atoms with Gasteiger partial charge in [-0.3, -0.25) is 4.79 Å². The van der Waals surface area contributed by atoms with Crippen LogP contribution in [-0.2, 0) is 10.0 Å². The summed E-state index contributed by atoms with van der Waals surface area (Å²) in [5.41, 5.74) is 0.330. The van der Waals surface area contributed by atoms with Crippen molar-refractivity contribution in [3.63, 3.8) is 0 Å². The predicted octanol–water partition coefficient (Wildman–Crippen LogP) is 0.667. The van der Waals surface area contributed by atoms with Gasteiger partial charge >= 0.3 is 4.87 Å². The quantitative estimate of drug-likeness (QED) is 0.873. The zero-order valence-corrected chi connectivity index (χ0v) is 11.4. The zero-order chi connectivity index (χ0) is 13.2. The summed E-state index contributed by atoms with van der Waals surface area (Å²) in [6.07, 6.45) is 0.105. The minimum absolute atomic E-state index is 0.00906. The molecule has 6 nitrogen and oxygen atoms in total. The molecule has 17 heavy (non-hydrogen) atoms. The fourth-order valence-electron chi connectivity index (χ4n) is 1.26. The summed E-state index contributed by atoms with van der Waals surface area (Å²) < 4.78 is 25.4. The molecule has 0 spiro atoms. The van der Waals surface area contributed by atoms with Crippen LogP contribution >= 0.6 is 11.3 Å². The van der Waals surface area contributed by atoms with Crippen molar-refractivity contribution < 1.29 is 8.42 Å². The monoisotopic (exact) mass is 275 g/mol. The molecule has 0 aliphatic carbocycles. The highest BCUT2D eigenvalue weighted by Crippen LogP contribution is 2.22. The Kier molecular flexibility index (Phi) is 4.08. The second-order valence-corrected chi connectivity index (χ2v) is 6.84. The molecule has 1 aromatic rings. The number of aryl methyl sites for hydroxylation is 1. The highest BCUT2D eigenvalue weighted by atomic mass is 32.2. The topological polar surface area (TPSA) is 94.0 Å². The molecule has 1 N–H and O–H groups in total. The number of aromatic nitrogens is 1. The molecule has 1 atom stereocenters. The first kappa shape index (κ1) is 13.9. The fraction of sp³-hybridized carbons (Fsp3) is 0.556. The number of hydrogen-bond donors (Lipinski definition) is 1. The molecule has 0 aliphatic rings. The van der Waals surface area contributed by atoms with E-state index in [2.05, 4.69) is 4.98 Å². The van der Waals surface area contributed by atoms with Crippen molar-refractivity contribution in [2.75, 3.05) is 7.05 Å². The second kappa shape index (κ2) is 5.00. The van der Waals surface area contributed by atoms with E-state index in [9.17, 15) is 13.2 Å². The smallest absolute Gasteiger partial charge is 0.305 e. The average molecular weight is 275 g/mol. The Morgan fingerprint density at radius 3 is 2.59 bits per heavy atom. The van der Waals surface area contributed by atoms with E-state index in [1.807, 2.05) is 6.07 Å². The van der Waals surface area contributed by atoms with Crippen LogP contribution in [0.3, 0.4) is 0 Å². The van der Waals surface area contributed by atoms with Gasteiger partial charge in [-0.1, -0.05) is 11.3 Å². The molecule has 0 aliphatic heterocycles. The van der Waals surface area contributed by atoms with Crippen molar-refractivity contribution in [1.82, 2.24) is 9.29 Å². The van der Waals surface area contributed by atoms with Crippen molar-refractivity contribution >= 4 is 21.4 Å². The van der Waals surface area contributed by atoms with Crippen molar-refractivity contribution in [3.8, 4) is 6.07 Å². The maximum absolute atomic E-state index is 12.2. The van der Waals surface area contributed by atoms with E-state index in [1.165, 1.54) is 14.0 Å². The van der Waals surface area contributed by atoms with Gasteiger partial charge in [-0.2, -0.15) is 9.57 Å². The molecule has 0 saturated heterocycles. The molecule has 1 rings (SSSR count). The van der Waals surface area contributed by atoms with Crippen molar-refractivity contribution in [3.05, 3.63) is 15.4 Å². The lowest BCUT2D eigenvalue weighted by molar-refractivity contribution is 0.394. The number of sulfonamides is 1. The first-order valence-electron chi connectivity index (χ1n) is 4.85. The third-order valence-corrected chi connectivity index (χ3v) is 5.96. The fourth-order valence-corrected chi connectivity index (χ4v) is 4.09. The molecule has 94 valence electrons. The lowest BCUT2D eigenvalue weighted by Crippen LogP contribution is -2.34. The molecule has 0 fully saturated rings. The lowest BCUT2D eigenvalue weighted by Gasteiger charge is -2.21. The van der Waals surface area contributed by atoms with E-state index in [-0.39, 0.29) is 10.6 Å². The van der Waals surface area contributed by atoms with Gasteiger partial charge < -0.3 is 4.98 Å². The number of nitrogens with zero attached hydrogens (tertiary/aromatic N) is 2. The van der Waals surface area contributed by atoms with Crippen LogP contribution in [0.2, 0.25) is 0 Å². The van der Waals surface area contributed by atoms with Gasteiger partial charge in [0.2, 0.25) is 0 Å². The van der Waals surface area contributed by atoms with Gasteiger partial charge in [0, 0.05) is 18.8 Å². The number of rotatable bonds is 4. The maximum Gasteiger partial charge on any atom is 0.305 e. The lowest BCUT2D eigenvalue weighted by atomic mass is 10.3. The van der Waals surface area contributed by atoms with E-state index in [0.29, 0.717) is 17.0 Å². The Labute approximate surface area is 104 Å². The number of thiazole rings is 1. The van der Waals surface area contributed by atoms with Gasteiger partial charge in [-0.25, -0.2) is 8.42 Å². The molecule has 0 bridgehead atoms. The molecular formula is C9H13N3O3S2. The number of hydrogen-bond acceptors (Lipinski definition) is 5. The summed E-state index contributed by atoms with van der Waals surface area (Å²) in [7, 11) is -2.30. The second-order valence-electron chi connectivity index (χ2n) is 3.66. The summed E-state index contributed by atoms with van der Waals surface area (Å²) in [5, 5.41) is 8.56. The number of aromatic amines is 1. The van der Waals surface area contributed by atoms with Crippen LogP contribution < -0.4 is 4.87 Å². The van der Waals surface area contributed by atoms with Crippen LogP contribution in [0, 0.1) is 18.3 Å². The van der Waals surface area contributed by atoms with Gasteiger partial charge in [0.25, 0.3) is 10.0 Å². The highest BCUT2D eigenvalue weighted by molar-refractivity contribution is 7.91. The minimum Gasteiger partial charge on any atom is -0.315 e. The number of H-pyrrole nitrogens is 1. The Hall–Kier alpha value is -1.17. The zero-order valence-electron chi connectivity index (χ0n) is 9.72. The van der Waals surface area contributed by atoms with E-state index >= 15 is 0 Å². The summed E-state index contributed by atoms with van der Waals surface area (Å²) in [5.74, 6) is 0. The molecular weight excluding hydrogens is 262 g/mol. The minimum atomic E-state index is -3.70. The molecule has 8 heteroatoms. The summed E-state index contributed by atoms with van der Waals surface area (Å²) in [4.78, 5) is 13.1. The van der Waals surface area contributed by atoms with Crippen LogP contribution in [0.4, 0.5) is 0 Å². The number of nitrogens with one attached hydrogen (secondary N) is 1. The Bertz CT molecular complexity index is 594. The average Bonchev–Trinajstić information content (AvgIpc) is 2.57. The standard InChI is InChI=1S/C9H13N3O3S2/c1-6(4-5-10)12(3)17(14,15)8-7(2)11-9(13)16-8/h6H,4H2,1-3H3,(H,11,13). The van der Waals surface area contributed by atoms with E-state index in [0.717, 1.165) is 4.31 Å². The summed E-state index contributed by atoms with van der Waals surface area (Å²) in [6.45, 7) is 3.18. The van der Waals surface area contributed by atoms with Gasteiger partial charge in [-0.15, -0.1) is 0 Å². The largest absolute Gasteiger partial charge is 0.315 e. The normalized spacial score (nSPS) is 13.6.